The molecular weight excluding hydrogens is 438 g/mol. The van der Waals surface area contributed by atoms with Crippen LogP contribution in [0, 0.1) is 20.8 Å². The van der Waals surface area contributed by atoms with Gasteiger partial charge in [0.25, 0.3) is 0 Å². The number of aryl methyl sites for hydroxylation is 2. The first-order valence-electron chi connectivity index (χ1n) is 12.0. The first-order chi connectivity index (χ1) is 16.5. The van der Waals surface area contributed by atoms with Crippen molar-refractivity contribution in [3.05, 3.63) is 92.9 Å². The van der Waals surface area contributed by atoms with Crippen molar-refractivity contribution in [2.45, 2.75) is 33.6 Å². The minimum Gasteiger partial charge on any atom is -0.368 e. The SMILES string of the molecule is Cc1cccc(N2CCN(C(=O)Cc3sc(Cc4cccc5ccccc45)nc3C)CC2)c1C. The quantitative estimate of drug-likeness (QED) is 0.376. The molecule has 5 heteroatoms. The van der Waals surface area contributed by atoms with Gasteiger partial charge >= 0.3 is 0 Å². The molecule has 4 aromatic rings. The van der Waals surface area contributed by atoms with E-state index in [0.29, 0.717) is 6.42 Å². The van der Waals surface area contributed by atoms with Gasteiger partial charge in [-0.15, -0.1) is 11.3 Å². The van der Waals surface area contributed by atoms with E-state index in [4.69, 9.17) is 4.98 Å². The molecule has 1 aliphatic rings. The van der Waals surface area contributed by atoms with Crippen LogP contribution in [0.2, 0.25) is 0 Å². The minimum atomic E-state index is 0.212. The maximum absolute atomic E-state index is 13.1. The molecule has 0 atom stereocenters. The third-order valence-corrected chi connectivity index (χ3v) is 8.18. The average Bonchev–Trinajstić information content (AvgIpc) is 3.19. The summed E-state index contributed by atoms with van der Waals surface area (Å²) in [5, 5.41) is 3.61. The van der Waals surface area contributed by atoms with Gasteiger partial charge in [0.15, 0.2) is 0 Å². The highest BCUT2D eigenvalue weighted by Gasteiger charge is 2.23. The second-order valence-corrected chi connectivity index (χ2v) is 10.4. The van der Waals surface area contributed by atoms with Gasteiger partial charge < -0.3 is 9.80 Å². The summed E-state index contributed by atoms with van der Waals surface area (Å²) in [5.74, 6) is 0.212. The number of hydrogen-bond acceptors (Lipinski definition) is 4. The van der Waals surface area contributed by atoms with Crippen molar-refractivity contribution in [3.63, 3.8) is 0 Å². The molecule has 0 radical (unpaired) electrons. The molecule has 34 heavy (non-hydrogen) atoms. The lowest BCUT2D eigenvalue weighted by Gasteiger charge is -2.37. The van der Waals surface area contributed by atoms with Crippen LogP contribution in [-0.2, 0) is 17.6 Å². The lowest BCUT2D eigenvalue weighted by Crippen LogP contribution is -2.49. The van der Waals surface area contributed by atoms with Crippen LogP contribution in [-0.4, -0.2) is 42.0 Å². The Bertz CT molecular complexity index is 1330. The number of thiazole rings is 1. The van der Waals surface area contributed by atoms with Crippen molar-refractivity contribution in [1.82, 2.24) is 9.88 Å². The summed E-state index contributed by atoms with van der Waals surface area (Å²) in [6.07, 6.45) is 1.25. The van der Waals surface area contributed by atoms with Crippen molar-refractivity contribution in [3.8, 4) is 0 Å². The summed E-state index contributed by atoms with van der Waals surface area (Å²) >= 11 is 1.69. The van der Waals surface area contributed by atoms with Crippen LogP contribution in [0.4, 0.5) is 5.69 Å². The lowest BCUT2D eigenvalue weighted by atomic mass is 10.0. The van der Waals surface area contributed by atoms with E-state index in [-0.39, 0.29) is 5.91 Å². The van der Waals surface area contributed by atoms with Gasteiger partial charge in [0.2, 0.25) is 5.91 Å². The van der Waals surface area contributed by atoms with E-state index < -0.39 is 0 Å². The molecular formula is C29H31N3OS. The topological polar surface area (TPSA) is 36.4 Å². The highest BCUT2D eigenvalue weighted by molar-refractivity contribution is 7.11. The van der Waals surface area contributed by atoms with Crippen LogP contribution in [0.15, 0.2) is 60.7 Å². The summed E-state index contributed by atoms with van der Waals surface area (Å²) in [7, 11) is 0. The third-order valence-electron chi connectivity index (χ3n) is 7.02. The molecule has 5 rings (SSSR count). The van der Waals surface area contributed by atoms with E-state index >= 15 is 0 Å². The minimum absolute atomic E-state index is 0.212. The second-order valence-electron chi connectivity index (χ2n) is 9.19. The number of carbonyl (C=O) groups excluding carboxylic acids is 1. The summed E-state index contributed by atoms with van der Waals surface area (Å²) in [6.45, 7) is 9.67. The highest BCUT2D eigenvalue weighted by Crippen LogP contribution is 2.27. The van der Waals surface area contributed by atoms with Gasteiger partial charge in [-0.2, -0.15) is 0 Å². The molecule has 0 N–H and O–H groups in total. The van der Waals surface area contributed by atoms with Crippen LogP contribution in [0.1, 0.15) is 32.3 Å². The van der Waals surface area contributed by atoms with Gasteiger partial charge in [-0.05, 0) is 54.3 Å². The summed E-state index contributed by atoms with van der Waals surface area (Å²) in [5.41, 5.74) is 6.22. The van der Waals surface area contributed by atoms with Crippen LogP contribution in [0.5, 0.6) is 0 Å². The number of fused-ring (bicyclic) bond motifs is 1. The fraction of sp³-hybridized carbons (Fsp3) is 0.310. The molecule has 2 heterocycles. The molecule has 0 spiro atoms. The zero-order valence-corrected chi connectivity index (χ0v) is 21.0. The van der Waals surface area contributed by atoms with E-state index in [1.54, 1.807) is 11.3 Å². The molecule has 0 aliphatic carbocycles. The number of carbonyl (C=O) groups is 1. The van der Waals surface area contributed by atoms with E-state index in [1.165, 1.54) is 33.2 Å². The van der Waals surface area contributed by atoms with Gasteiger partial charge in [0, 0.05) is 43.2 Å². The Labute approximate surface area is 205 Å². The lowest BCUT2D eigenvalue weighted by molar-refractivity contribution is -0.130. The van der Waals surface area contributed by atoms with Crippen LogP contribution in [0.3, 0.4) is 0 Å². The number of nitrogens with zero attached hydrogens (tertiary/aromatic N) is 3. The smallest absolute Gasteiger partial charge is 0.228 e. The standard InChI is InChI=1S/C29H31N3OS/c1-20-8-6-13-26(21(20)2)31-14-16-32(17-15-31)29(33)19-27-22(3)30-28(34-27)18-24-11-7-10-23-9-4-5-12-25(23)24/h4-13H,14-19H2,1-3H3. The fourth-order valence-electron chi connectivity index (χ4n) is 4.86. The summed E-state index contributed by atoms with van der Waals surface area (Å²) < 4.78 is 0. The second kappa shape index (κ2) is 9.59. The molecule has 0 bridgehead atoms. The van der Waals surface area contributed by atoms with Gasteiger partial charge in [0.05, 0.1) is 17.1 Å². The molecule has 1 aliphatic heterocycles. The van der Waals surface area contributed by atoms with Crippen LogP contribution in [0.25, 0.3) is 10.8 Å². The molecule has 1 saturated heterocycles. The van der Waals surface area contributed by atoms with E-state index in [2.05, 4.69) is 79.4 Å². The van der Waals surface area contributed by atoms with Gasteiger partial charge in [-0.25, -0.2) is 4.98 Å². The molecule has 1 amide bonds. The first-order valence-corrected chi connectivity index (χ1v) is 12.8. The number of aromatic nitrogens is 1. The summed E-state index contributed by atoms with van der Waals surface area (Å²) in [4.78, 5) is 23.5. The Balaban J connectivity index is 1.23. The van der Waals surface area contributed by atoms with Gasteiger partial charge in [-0.3, -0.25) is 4.79 Å². The van der Waals surface area contributed by atoms with Crippen molar-refractivity contribution >= 4 is 33.7 Å². The molecule has 1 fully saturated rings. The van der Waals surface area contributed by atoms with Gasteiger partial charge in [-0.1, -0.05) is 54.6 Å². The Kier molecular flexibility index (Phi) is 6.38. The number of piperazine rings is 1. The van der Waals surface area contributed by atoms with Crippen molar-refractivity contribution in [2.24, 2.45) is 0 Å². The maximum atomic E-state index is 13.1. The predicted octanol–water partition coefficient (Wildman–Crippen LogP) is 5.70. The molecule has 1 aromatic heterocycles. The number of benzene rings is 3. The van der Waals surface area contributed by atoms with E-state index in [0.717, 1.165) is 48.2 Å². The van der Waals surface area contributed by atoms with Crippen molar-refractivity contribution < 1.29 is 4.79 Å². The normalized spacial score (nSPS) is 14.1. The Morgan fingerprint density at radius 2 is 1.65 bits per heavy atom. The summed E-state index contributed by atoms with van der Waals surface area (Å²) in [6, 6.07) is 21.4. The van der Waals surface area contributed by atoms with Gasteiger partial charge in [0.1, 0.15) is 0 Å². The monoisotopic (exact) mass is 469 g/mol. The first kappa shape index (κ1) is 22.6. The number of hydrogen-bond donors (Lipinski definition) is 0. The third kappa shape index (κ3) is 4.58. The zero-order valence-electron chi connectivity index (χ0n) is 20.2. The molecule has 0 unspecified atom stereocenters. The molecule has 4 nitrogen and oxygen atoms in total. The highest BCUT2D eigenvalue weighted by atomic mass is 32.1. The van der Waals surface area contributed by atoms with E-state index in [9.17, 15) is 4.79 Å². The number of rotatable bonds is 5. The molecule has 3 aromatic carbocycles. The van der Waals surface area contributed by atoms with Crippen LogP contribution >= 0.6 is 11.3 Å². The van der Waals surface area contributed by atoms with Crippen molar-refractivity contribution in [2.75, 3.05) is 31.1 Å². The number of anilines is 1. The van der Waals surface area contributed by atoms with Crippen LogP contribution < -0.4 is 4.90 Å². The number of amides is 1. The fourth-order valence-corrected chi connectivity index (χ4v) is 5.95. The van der Waals surface area contributed by atoms with E-state index in [1.807, 2.05) is 11.8 Å². The largest absolute Gasteiger partial charge is 0.368 e. The zero-order chi connectivity index (χ0) is 23.7. The Hall–Kier alpha value is -3.18. The molecule has 174 valence electrons. The average molecular weight is 470 g/mol. The Morgan fingerprint density at radius 1 is 0.912 bits per heavy atom. The van der Waals surface area contributed by atoms with Crippen molar-refractivity contribution in [1.29, 1.82) is 0 Å². The molecule has 0 saturated carbocycles. The Morgan fingerprint density at radius 3 is 2.47 bits per heavy atom. The maximum Gasteiger partial charge on any atom is 0.228 e. The predicted molar refractivity (Wildman–Crippen MR) is 142 cm³/mol.